The normalized spacial score (nSPS) is 10.6. The molecule has 0 spiro atoms. The van der Waals surface area contributed by atoms with E-state index in [0.29, 0.717) is 23.7 Å². The topological polar surface area (TPSA) is 82.3 Å². The standard InChI is InChI=1S/C21H21N3O4S/c1-3-28-17-9-7-16(8-10-17)24-12-11-23(20(26)21(24)27)14-19(25)22-15-5-4-6-18(13-15)29-2/h4-13H,3,14H2,1-2H3,(H,22,25). The van der Waals surface area contributed by atoms with Crippen molar-refractivity contribution in [1.29, 1.82) is 0 Å². The fraction of sp³-hybridized carbons (Fsp3) is 0.190. The van der Waals surface area contributed by atoms with Gasteiger partial charge in [0.15, 0.2) is 0 Å². The van der Waals surface area contributed by atoms with Crippen LogP contribution in [0.5, 0.6) is 5.75 Å². The molecule has 0 saturated carbocycles. The van der Waals surface area contributed by atoms with Gasteiger partial charge in [-0.15, -0.1) is 11.8 Å². The van der Waals surface area contributed by atoms with Crippen molar-refractivity contribution in [3.63, 3.8) is 0 Å². The molecular formula is C21H21N3O4S. The number of nitrogens with one attached hydrogen (secondary N) is 1. The van der Waals surface area contributed by atoms with Gasteiger partial charge in [-0.3, -0.25) is 23.5 Å². The van der Waals surface area contributed by atoms with Gasteiger partial charge in [-0.1, -0.05) is 6.07 Å². The molecule has 8 heteroatoms. The smallest absolute Gasteiger partial charge is 0.320 e. The highest BCUT2D eigenvalue weighted by Crippen LogP contribution is 2.19. The van der Waals surface area contributed by atoms with E-state index in [4.69, 9.17) is 4.74 Å². The van der Waals surface area contributed by atoms with Crippen LogP contribution in [-0.4, -0.2) is 27.9 Å². The summed E-state index contributed by atoms with van der Waals surface area (Å²) in [6, 6.07) is 14.2. The van der Waals surface area contributed by atoms with E-state index in [1.54, 1.807) is 42.1 Å². The molecule has 3 aromatic rings. The highest BCUT2D eigenvalue weighted by molar-refractivity contribution is 7.98. The first-order valence-electron chi connectivity index (χ1n) is 9.01. The predicted octanol–water partition coefficient (Wildman–Crippen LogP) is 2.76. The Bertz CT molecular complexity index is 1120. The van der Waals surface area contributed by atoms with E-state index in [-0.39, 0.29) is 12.5 Å². The van der Waals surface area contributed by atoms with Crippen LogP contribution in [0, 0.1) is 0 Å². The third kappa shape index (κ3) is 4.97. The number of hydrogen-bond donors (Lipinski definition) is 1. The van der Waals surface area contributed by atoms with Gasteiger partial charge in [-0.2, -0.15) is 0 Å². The molecule has 0 radical (unpaired) electrons. The van der Waals surface area contributed by atoms with Crippen LogP contribution < -0.4 is 21.2 Å². The third-order valence-electron chi connectivity index (χ3n) is 4.15. The lowest BCUT2D eigenvalue weighted by Crippen LogP contribution is -2.41. The second-order valence-corrected chi connectivity index (χ2v) is 6.99. The second kappa shape index (κ2) is 9.29. The SMILES string of the molecule is CCOc1ccc(-n2ccn(CC(=O)Nc3cccc(SC)c3)c(=O)c2=O)cc1. The van der Waals surface area contributed by atoms with Crippen LogP contribution in [0.25, 0.3) is 5.69 Å². The van der Waals surface area contributed by atoms with Crippen molar-refractivity contribution in [3.8, 4) is 11.4 Å². The summed E-state index contributed by atoms with van der Waals surface area (Å²) in [5.41, 5.74) is -0.318. The fourth-order valence-electron chi connectivity index (χ4n) is 2.76. The van der Waals surface area contributed by atoms with Gasteiger partial charge in [0.05, 0.1) is 6.61 Å². The van der Waals surface area contributed by atoms with Crippen LogP contribution in [0.1, 0.15) is 6.92 Å². The number of carbonyl (C=O) groups excluding carboxylic acids is 1. The molecule has 0 fully saturated rings. The Labute approximate surface area is 172 Å². The number of thioether (sulfide) groups is 1. The van der Waals surface area contributed by atoms with Gasteiger partial charge in [0.25, 0.3) is 0 Å². The Morgan fingerprint density at radius 2 is 1.83 bits per heavy atom. The van der Waals surface area contributed by atoms with E-state index in [9.17, 15) is 14.4 Å². The van der Waals surface area contributed by atoms with E-state index in [1.165, 1.54) is 17.0 Å². The van der Waals surface area contributed by atoms with Gasteiger partial charge in [-0.05, 0) is 55.6 Å². The summed E-state index contributed by atoms with van der Waals surface area (Å²) < 4.78 is 7.72. The maximum atomic E-state index is 12.5. The maximum Gasteiger partial charge on any atom is 0.320 e. The van der Waals surface area contributed by atoms with Gasteiger partial charge >= 0.3 is 11.1 Å². The maximum absolute atomic E-state index is 12.5. The number of aromatic nitrogens is 2. The molecule has 150 valence electrons. The summed E-state index contributed by atoms with van der Waals surface area (Å²) in [6.07, 6.45) is 4.85. The number of ether oxygens (including phenoxy) is 1. The molecule has 0 unspecified atom stereocenters. The number of hydrogen-bond acceptors (Lipinski definition) is 5. The number of rotatable bonds is 7. The molecule has 0 aliphatic carbocycles. The van der Waals surface area contributed by atoms with Crippen molar-refractivity contribution < 1.29 is 9.53 Å². The van der Waals surface area contributed by atoms with Crippen molar-refractivity contribution in [2.75, 3.05) is 18.2 Å². The molecule has 3 rings (SSSR count). The van der Waals surface area contributed by atoms with Crippen LogP contribution in [0.3, 0.4) is 0 Å². The van der Waals surface area contributed by atoms with Crippen molar-refractivity contribution in [1.82, 2.24) is 9.13 Å². The van der Waals surface area contributed by atoms with E-state index in [2.05, 4.69) is 5.32 Å². The number of carbonyl (C=O) groups is 1. The minimum Gasteiger partial charge on any atom is -0.494 e. The van der Waals surface area contributed by atoms with E-state index >= 15 is 0 Å². The zero-order chi connectivity index (χ0) is 20.8. The number of anilines is 1. The lowest BCUT2D eigenvalue weighted by atomic mass is 10.3. The summed E-state index contributed by atoms with van der Waals surface area (Å²) in [6.45, 7) is 2.17. The van der Waals surface area contributed by atoms with E-state index in [1.807, 2.05) is 31.4 Å². The van der Waals surface area contributed by atoms with E-state index in [0.717, 1.165) is 9.46 Å². The first-order chi connectivity index (χ1) is 14.0. The van der Waals surface area contributed by atoms with Crippen LogP contribution in [0.4, 0.5) is 5.69 Å². The Morgan fingerprint density at radius 1 is 1.07 bits per heavy atom. The third-order valence-corrected chi connectivity index (χ3v) is 4.88. The Hall–Kier alpha value is -3.26. The van der Waals surface area contributed by atoms with Crippen molar-refractivity contribution in [2.45, 2.75) is 18.4 Å². The number of amides is 1. The lowest BCUT2D eigenvalue weighted by molar-refractivity contribution is -0.116. The van der Waals surface area contributed by atoms with Crippen molar-refractivity contribution in [3.05, 3.63) is 81.6 Å². The molecule has 7 nitrogen and oxygen atoms in total. The average molecular weight is 411 g/mol. The van der Waals surface area contributed by atoms with Gasteiger partial charge in [0.2, 0.25) is 5.91 Å². The molecule has 29 heavy (non-hydrogen) atoms. The van der Waals surface area contributed by atoms with Crippen molar-refractivity contribution >= 4 is 23.4 Å². The van der Waals surface area contributed by atoms with Crippen molar-refractivity contribution in [2.24, 2.45) is 0 Å². The predicted molar refractivity (Wildman–Crippen MR) is 114 cm³/mol. The van der Waals surface area contributed by atoms with Gasteiger partial charge in [0.1, 0.15) is 12.3 Å². The zero-order valence-electron chi connectivity index (χ0n) is 16.1. The number of benzene rings is 2. The first kappa shape index (κ1) is 20.5. The van der Waals surface area contributed by atoms with Gasteiger partial charge in [-0.25, -0.2) is 0 Å². The van der Waals surface area contributed by atoms with Gasteiger partial charge in [0, 0.05) is 28.7 Å². The van der Waals surface area contributed by atoms with Crippen LogP contribution in [0.2, 0.25) is 0 Å². The van der Waals surface area contributed by atoms with Crippen LogP contribution >= 0.6 is 11.8 Å². The molecular weight excluding hydrogens is 390 g/mol. The summed E-state index contributed by atoms with van der Waals surface area (Å²) in [4.78, 5) is 38.2. The molecule has 1 aromatic heterocycles. The molecule has 2 aromatic carbocycles. The quantitative estimate of drug-likeness (QED) is 0.478. The van der Waals surface area contributed by atoms with Crippen LogP contribution in [0.15, 0.2) is 75.4 Å². The fourth-order valence-corrected chi connectivity index (χ4v) is 3.22. The molecule has 1 N–H and O–H groups in total. The molecule has 0 saturated heterocycles. The minimum atomic E-state index is -0.769. The largest absolute Gasteiger partial charge is 0.494 e. The van der Waals surface area contributed by atoms with Gasteiger partial charge < -0.3 is 10.1 Å². The monoisotopic (exact) mass is 411 g/mol. The Morgan fingerprint density at radius 3 is 2.52 bits per heavy atom. The second-order valence-electron chi connectivity index (χ2n) is 6.11. The zero-order valence-corrected chi connectivity index (χ0v) is 16.9. The number of nitrogens with zero attached hydrogens (tertiary/aromatic N) is 2. The molecule has 0 bridgehead atoms. The lowest BCUT2D eigenvalue weighted by Gasteiger charge is -2.10. The molecule has 0 atom stereocenters. The minimum absolute atomic E-state index is 0.248. The summed E-state index contributed by atoms with van der Waals surface area (Å²) >= 11 is 1.56. The summed E-state index contributed by atoms with van der Waals surface area (Å²) in [5, 5.41) is 2.74. The highest BCUT2D eigenvalue weighted by Gasteiger charge is 2.10. The molecule has 0 aliphatic rings. The summed E-state index contributed by atoms with van der Waals surface area (Å²) in [5.74, 6) is 0.295. The Kier molecular flexibility index (Phi) is 6.56. The average Bonchev–Trinajstić information content (AvgIpc) is 2.73. The van der Waals surface area contributed by atoms with E-state index < -0.39 is 11.1 Å². The summed E-state index contributed by atoms with van der Waals surface area (Å²) in [7, 11) is 0. The molecule has 1 amide bonds. The Balaban J connectivity index is 1.77. The molecule has 1 heterocycles. The molecule has 0 aliphatic heterocycles. The first-order valence-corrected chi connectivity index (χ1v) is 10.2. The van der Waals surface area contributed by atoms with Crippen LogP contribution in [-0.2, 0) is 11.3 Å². The highest BCUT2D eigenvalue weighted by atomic mass is 32.2.